The minimum Gasteiger partial charge on any atom is -0.210 e. The van der Waals surface area contributed by atoms with Crippen molar-refractivity contribution in [2.75, 3.05) is 0 Å². The fourth-order valence-electron chi connectivity index (χ4n) is 0.239. The molecule has 0 saturated carbocycles. The van der Waals surface area contributed by atoms with Crippen LogP contribution in [0.4, 0.5) is 8.78 Å². The second-order valence-corrected chi connectivity index (χ2v) is 1.20. The van der Waals surface area contributed by atoms with Gasteiger partial charge in [-0.15, -0.1) is 0 Å². The molecule has 42 valence electrons. The summed E-state index contributed by atoms with van der Waals surface area (Å²) in [5.74, 6) is 0. The minimum atomic E-state index is -2.18. The van der Waals surface area contributed by atoms with Crippen molar-refractivity contribution in [3.63, 3.8) is 0 Å². The van der Waals surface area contributed by atoms with Gasteiger partial charge in [0.1, 0.15) is 0 Å². The molecule has 0 heterocycles. The molecule has 0 N–H and O–H groups in total. The molecule has 7 heavy (non-hydrogen) atoms. The lowest BCUT2D eigenvalue weighted by atomic mass is 10.4. The standard InChI is InChI=1S/C5H8F2/c1-2-3-4-5(6)7/h2-3,5H,4H2,1H3/b3-2-. The number of rotatable bonds is 2. The van der Waals surface area contributed by atoms with Crippen LogP contribution < -0.4 is 0 Å². The van der Waals surface area contributed by atoms with E-state index in [-0.39, 0.29) is 6.42 Å². The third-order valence-corrected chi connectivity index (χ3v) is 0.550. The minimum absolute atomic E-state index is 0.115. The van der Waals surface area contributed by atoms with Crippen LogP contribution in [0.2, 0.25) is 0 Å². The summed E-state index contributed by atoms with van der Waals surface area (Å²) in [6.45, 7) is 1.72. The second kappa shape index (κ2) is 3.78. The van der Waals surface area contributed by atoms with Crippen LogP contribution in [0.1, 0.15) is 13.3 Å². The lowest BCUT2D eigenvalue weighted by Crippen LogP contribution is -1.83. The Morgan fingerprint density at radius 3 is 2.29 bits per heavy atom. The van der Waals surface area contributed by atoms with Gasteiger partial charge in [0.15, 0.2) is 0 Å². The molecule has 0 radical (unpaired) electrons. The Labute approximate surface area is 41.8 Å². The topological polar surface area (TPSA) is 0 Å². The molecule has 0 fully saturated rings. The molecule has 0 aromatic heterocycles. The second-order valence-electron chi connectivity index (χ2n) is 1.20. The van der Waals surface area contributed by atoms with Gasteiger partial charge in [-0.25, -0.2) is 8.78 Å². The van der Waals surface area contributed by atoms with Gasteiger partial charge in [-0.05, 0) is 6.92 Å². The van der Waals surface area contributed by atoms with Crippen molar-refractivity contribution >= 4 is 0 Å². The average Bonchev–Trinajstić information content (AvgIpc) is 1.61. The van der Waals surface area contributed by atoms with E-state index in [0.717, 1.165) is 0 Å². The quantitative estimate of drug-likeness (QED) is 0.473. The summed E-state index contributed by atoms with van der Waals surface area (Å²) >= 11 is 0. The van der Waals surface area contributed by atoms with Crippen LogP contribution >= 0.6 is 0 Å². The molecule has 0 amide bonds. The van der Waals surface area contributed by atoms with Crippen LogP contribution in [-0.2, 0) is 0 Å². The van der Waals surface area contributed by atoms with Crippen LogP contribution in [-0.4, -0.2) is 6.43 Å². The molecule has 2 heteroatoms. The Morgan fingerprint density at radius 2 is 2.14 bits per heavy atom. The first kappa shape index (κ1) is 6.60. The molecule has 0 aliphatic carbocycles. The van der Waals surface area contributed by atoms with E-state index in [1.165, 1.54) is 6.08 Å². The maximum absolute atomic E-state index is 11.2. The van der Waals surface area contributed by atoms with Crippen LogP contribution in [0.15, 0.2) is 12.2 Å². The molecular formula is C5H8F2. The fourth-order valence-corrected chi connectivity index (χ4v) is 0.239. The highest BCUT2D eigenvalue weighted by molar-refractivity contribution is 4.77. The van der Waals surface area contributed by atoms with E-state index in [9.17, 15) is 8.78 Å². The number of hydrogen-bond donors (Lipinski definition) is 0. The molecule has 0 saturated heterocycles. The summed E-state index contributed by atoms with van der Waals surface area (Å²) in [7, 11) is 0. The number of alkyl halides is 2. The first-order valence-electron chi connectivity index (χ1n) is 2.16. The van der Waals surface area contributed by atoms with Gasteiger partial charge >= 0.3 is 0 Å². The predicted molar refractivity (Wildman–Crippen MR) is 25.4 cm³/mol. The van der Waals surface area contributed by atoms with E-state index in [2.05, 4.69) is 0 Å². The van der Waals surface area contributed by atoms with Crippen LogP contribution in [0.5, 0.6) is 0 Å². The summed E-state index contributed by atoms with van der Waals surface area (Å²) < 4.78 is 22.3. The van der Waals surface area contributed by atoms with Crippen molar-refractivity contribution in [1.29, 1.82) is 0 Å². The van der Waals surface area contributed by atoms with Gasteiger partial charge in [0, 0.05) is 6.42 Å². The Hall–Kier alpha value is -0.400. The van der Waals surface area contributed by atoms with Gasteiger partial charge in [0.05, 0.1) is 0 Å². The average molecular weight is 106 g/mol. The molecule has 0 aromatic carbocycles. The van der Waals surface area contributed by atoms with Gasteiger partial charge in [-0.1, -0.05) is 12.2 Å². The number of allylic oxidation sites excluding steroid dienone is 2. The monoisotopic (exact) mass is 106 g/mol. The van der Waals surface area contributed by atoms with Gasteiger partial charge < -0.3 is 0 Å². The molecule has 0 aromatic rings. The SMILES string of the molecule is C/C=C\CC(F)F. The lowest BCUT2D eigenvalue weighted by Gasteiger charge is -1.85. The molecule has 0 nitrogen and oxygen atoms in total. The lowest BCUT2D eigenvalue weighted by molar-refractivity contribution is 0.152. The highest BCUT2D eigenvalue weighted by Gasteiger charge is 1.94. The number of hydrogen-bond acceptors (Lipinski definition) is 0. The first-order valence-corrected chi connectivity index (χ1v) is 2.16. The molecule has 0 aliphatic rings. The largest absolute Gasteiger partial charge is 0.242 e. The van der Waals surface area contributed by atoms with E-state index in [1.807, 2.05) is 0 Å². The van der Waals surface area contributed by atoms with E-state index >= 15 is 0 Å². The molecular weight excluding hydrogens is 98.1 g/mol. The van der Waals surface area contributed by atoms with Crippen molar-refractivity contribution in [1.82, 2.24) is 0 Å². The van der Waals surface area contributed by atoms with Crippen molar-refractivity contribution in [2.45, 2.75) is 19.8 Å². The molecule has 0 spiro atoms. The van der Waals surface area contributed by atoms with E-state index < -0.39 is 6.43 Å². The maximum Gasteiger partial charge on any atom is 0.242 e. The molecule has 0 bridgehead atoms. The predicted octanol–water partition coefficient (Wildman–Crippen LogP) is 2.22. The zero-order valence-electron chi connectivity index (χ0n) is 4.20. The van der Waals surface area contributed by atoms with Gasteiger partial charge in [-0.2, -0.15) is 0 Å². The summed E-state index contributed by atoms with van der Waals surface area (Å²) in [6.07, 6.45) is 0.768. The Bertz CT molecular complexity index is 57.1. The van der Waals surface area contributed by atoms with Crippen LogP contribution in [0, 0.1) is 0 Å². The van der Waals surface area contributed by atoms with Crippen molar-refractivity contribution in [3.05, 3.63) is 12.2 Å². The van der Waals surface area contributed by atoms with E-state index in [1.54, 1.807) is 13.0 Å². The van der Waals surface area contributed by atoms with Crippen molar-refractivity contribution in [3.8, 4) is 0 Å². The summed E-state index contributed by atoms with van der Waals surface area (Å²) in [5.41, 5.74) is 0. The van der Waals surface area contributed by atoms with Crippen molar-refractivity contribution in [2.24, 2.45) is 0 Å². The Balaban J connectivity index is 2.97. The highest BCUT2D eigenvalue weighted by atomic mass is 19.3. The van der Waals surface area contributed by atoms with E-state index in [0.29, 0.717) is 0 Å². The van der Waals surface area contributed by atoms with Gasteiger partial charge in [0.25, 0.3) is 0 Å². The summed E-state index contributed by atoms with van der Waals surface area (Å²) in [4.78, 5) is 0. The third kappa shape index (κ3) is 5.60. The van der Waals surface area contributed by atoms with Crippen LogP contribution in [0.3, 0.4) is 0 Å². The fraction of sp³-hybridized carbons (Fsp3) is 0.600. The Kier molecular flexibility index (Phi) is 3.56. The highest BCUT2D eigenvalue weighted by Crippen LogP contribution is 1.98. The Morgan fingerprint density at radius 1 is 1.57 bits per heavy atom. The zero-order chi connectivity index (χ0) is 5.70. The van der Waals surface area contributed by atoms with Crippen LogP contribution in [0.25, 0.3) is 0 Å². The molecule has 0 atom stereocenters. The van der Waals surface area contributed by atoms with Crippen molar-refractivity contribution < 1.29 is 8.78 Å². The maximum atomic E-state index is 11.2. The zero-order valence-corrected chi connectivity index (χ0v) is 4.20. The van der Waals surface area contributed by atoms with Gasteiger partial charge in [-0.3, -0.25) is 0 Å². The molecule has 0 unspecified atom stereocenters. The first-order chi connectivity index (χ1) is 3.27. The summed E-state index contributed by atoms with van der Waals surface area (Å²) in [6, 6.07) is 0. The summed E-state index contributed by atoms with van der Waals surface area (Å²) in [5, 5.41) is 0. The molecule has 0 aliphatic heterocycles. The molecule has 0 rings (SSSR count). The normalized spacial score (nSPS) is 11.4. The number of halogens is 2. The van der Waals surface area contributed by atoms with Gasteiger partial charge in [0.2, 0.25) is 6.43 Å². The van der Waals surface area contributed by atoms with E-state index in [4.69, 9.17) is 0 Å². The smallest absolute Gasteiger partial charge is 0.210 e. The third-order valence-electron chi connectivity index (χ3n) is 0.550.